The van der Waals surface area contributed by atoms with E-state index in [1.54, 1.807) is 4.90 Å². The number of nitrogens with zero attached hydrogens (tertiary/aromatic N) is 3. The Morgan fingerprint density at radius 3 is 2.34 bits per heavy atom. The maximum Gasteiger partial charge on any atom is 0.249 e. The Hall–Kier alpha value is -3.17. The van der Waals surface area contributed by atoms with Gasteiger partial charge in [-0.3, -0.25) is 14.4 Å². The van der Waals surface area contributed by atoms with Crippen LogP contribution < -0.4 is 9.64 Å². The molecule has 4 heterocycles. The summed E-state index contributed by atoms with van der Waals surface area (Å²) >= 11 is 0. The van der Waals surface area contributed by atoms with Gasteiger partial charge in [-0.05, 0) is 50.5 Å². The molecule has 2 saturated heterocycles. The zero-order chi connectivity index (χ0) is 28.8. The van der Waals surface area contributed by atoms with Crippen LogP contribution in [0.4, 0.5) is 5.69 Å². The number of ether oxygens (including phenoxy) is 2. The molecule has 1 aliphatic carbocycles. The third kappa shape index (κ3) is 4.31. The van der Waals surface area contributed by atoms with Crippen LogP contribution in [-0.2, 0) is 19.1 Å². The zero-order valence-electron chi connectivity index (χ0n) is 24.0. The van der Waals surface area contributed by atoms with Crippen LogP contribution in [0.1, 0.15) is 52.4 Å². The van der Waals surface area contributed by atoms with E-state index in [0.29, 0.717) is 31.8 Å². The second-order valence-electron chi connectivity index (χ2n) is 11.8. The topological polar surface area (TPSA) is 99.6 Å². The molecule has 5 atom stereocenters. The molecule has 0 bridgehead atoms. The largest absolute Gasteiger partial charge is 0.494 e. The lowest BCUT2D eigenvalue weighted by Gasteiger charge is -2.40. The van der Waals surface area contributed by atoms with E-state index in [1.807, 2.05) is 67.3 Å². The van der Waals surface area contributed by atoms with Crippen molar-refractivity contribution in [2.75, 3.05) is 37.7 Å². The van der Waals surface area contributed by atoms with Crippen molar-refractivity contribution < 1.29 is 29.0 Å². The number of carbonyl (C=O) groups excluding carboxylic acids is 3. The van der Waals surface area contributed by atoms with Gasteiger partial charge < -0.3 is 29.3 Å². The van der Waals surface area contributed by atoms with Crippen LogP contribution in [0, 0.1) is 11.8 Å². The minimum Gasteiger partial charge on any atom is -0.494 e. The number of fused-ring (bicyclic) bond motifs is 2. The minimum absolute atomic E-state index is 0.0156. The van der Waals surface area contributed by atoms with Gasteiger partial charge in [-0.15, -0.1) is 0 Å². The zero-order valence-corrected chi connectivity index (χ0v) is 24.0. The summed E-state index contributed by atoms with van der Waals surface area (Å²) in [6.45, 7) is 4.97. The molecule has 4 aliphatic heterocycles. The van der Waals surface area contributed by atoms with E-state index in [9.17, 15) is 19.5 Å². The van der Waals surface area contributed by atoms with Crippen molar-refractivity contribution in [1.82, 2.24) is 9.80 Å². The fourth-order valence-electron chi connectivity index (χ4n) is 7.97. The fourth-order valence-corrected chi connectivity index (χ4v) is 7.97. The molecule has 9 heteroatoms. The summed E-state index contributed by atoms with van der Waals surface area (Å²) in [4.78, 5) is 48.4. The molecule has 5 aliphatic rings. The summed E-state index contributed by atoms with van der Waals surface area (Å²) in [5.74, 6) is -1.63. The van der Waals surface area contributed by atoms with Crippen molar-refractivity contribution in [1.29, 1.82) is 0 Å². The molecule has 220 valence electrons. The molecular formula is C32H41N3O6. The number of likely N-dealkylation sites (tertiary alicyclic amines) is 1. The summed E-state index contributed by atoms with van der Waals surface area (Å²) in [7, 11) is 0. The summed E-state index contributed by atoms with van der Waals surface area (Å²) < 4.78 is 12.6. The monoisotopic (exact) mass is 563 g/mol. The highest BCUT2D eigenvalue weighted by Gasteiger charge is 2.75. The molecule has 1 aromatic carbocycles. The second-order valence-corrected chi connectivity index (χ2v) is 11.8. The third-order valence-corrected chi connectivity index (χ3v) is 9.79. The fraction of sp³-hybridized carbons (Fsp3) is 0.594. The van der Waals surface area contributed by atoms with Gasteiger partial charge in [-0.1, -0.05) is 50.5 Å². The van der Waals surface area contributed by atoms with Gasteiger partial charge in [0.15, 0.2) is 0 Å². The Bertz CT molecular complexity index is 1240. The molecule has 1 saturated carbocycles. The summed E-state index contributed by atoms with van der Waals surface area (Å²) in [6.07, 6.45) is 13.4. The van der Waals surface area contributed by atoms with E-state index < -0.39 is 29.1 Å². The van der Waals surface area contributed by atoms with E-state index in [0.717, 1.165) is 31.4 Å². The Morgan fingerprint density at radius 2 is 1.66 bits per heavy atom. The number of anilines is 1. The summed E-state index contributed by atoms with van der Waals surface area (Å²) in [5.41, 5.74) is -1.62. The van der Waals surface area contributed by atoms with Crippen LogP contribution in [0.5, 0.6) is 5.75 Å². The average molecular weight is 564 g/mol. The number of aliphatic hydroxyl groups is 1. The van der Waals surface area contributed by atoms with Gasteiger partial charge in [0.1, 0.15) is 17.4 Å². The predicted molar refractivity (Wildman–Crippen MR) is 153 cm³/mol. The first-order valence-corrected chi connectivity index (χ1v) is 15.2. The first-order chi connectivity index (χ1) is 19.9. The standard InChI is InChI=1S/C32H41N3O6/c1-3-31-16-8-18-33(23-12-14-24(15-13-23)40-4-2)28(37)25(31)26-29(38)35(20-21-36)27-30(39)34(22-10-6-5-7-11-22)19-9-17-32(26,27)41-31/h8-9,12-17,22,25-27,36H,3-7,10-11,18-21H2,1-2H3/t25-,26-,27?,31+,32-/m0/s1. The SMILES string of the molecule is CCOc1ccc(N2CC=C[C@@]3(CC)O[C@]45C=CCN(C6CCCCC6)C(=O)C4N(CCO)C(=O)[C@@H]5[C@H]3C2=O)cc1. The number of rotatable bonds is 7. The van der Waals surface area contributed by atoms with Crippen LogP contribution >= 0.6 is 0 Å². The Morgan fingerprint density at radius 1 is 0.927 bits per heavy atom. The summed E-state index contributed by atoms with van der Waals surface area (Å²) in [5, 5.41) is 9.97. The number of hydrogen-bond acceptors (Lipinski definition) is 6. The molecular weight excluding hydrogens is 522 g/mol. The lowest BCUT2D eigenvalue weighted by atomic mass is 9.73. The smallest absolute Gasteiger partial charge is 0.249 e. The molecule has 0 radical (unpaired) electrons. The molecule has 9 nitrogen and oxygen atoms in total. The van der Waals surface area contributed by atoms with Crippen molar-refractivity contribution in [3.05, 3.63) is 48.6 Å². The van der Waals surface area contributed by atoms with E-state index in [4.69, 9.17) is 9.47 Å². The van der Waals surface area contributed by atoms with E-state index in [-0.39, 0.29) is 36.9 Å². The Kier molecular flexibility index (Phi) is 7.44. The third-order valence-electron chi connectivity index (χ3n) is 9.79. The lowest BCUT2D eigenvalue weighted by Crippen LogP contribution is -2.58. The molecule has 3 fully saturated rings. The second kappa shape index (κ2) is 10.9. The number of benzene rings is 1. The normalized spacial score (nSPS) is 33.5. The van der Waals surface area contributed by atoms with Gasteiger partial charge in [0, 0.05) is 31.4 Å². The number of hydrogen-bond donors (Lipinski definition) is 1. The highest BCUT2D eigenvalue weighted by molar-refractivity contribution is 6.04. The van der Waals surface area contributed by atoms with E-state index in [1.165, 1.54) is 11.3 Å². The first-order valence-electron chi connectivity index (χ1n) is 15.2. The molecule has 41 heavy (non-hydrogen) atoms. The maximum absolute atomic E-state index is 14.5. The van der Waals surface area contributed by atoms with Crippen molar-refractivity contribution in [2.24, 2.45) is 11.8 Å². The number of amides is 3. The molecule has 3 amide bonds. The van der Waals surface area contributed by atoms with Gasteiger partial charge >= 0.3 is 0 Å². The lowest BCUT2D eigenvalue weighted by molar-refractivity contribution is -0.154. The van der Waals surface area contributed by atoms with Crippen LogP contribution in [0.2, 0.25) is 0 Å². The highest BCUT2D eigenvalue weighted by Crippen LogP contribution is 2.58. The van der Waals surface area contributed by atoms with Crippen molar-refractivity contribution in [3.8, 4) is 5.75 Å². The molecule has 1 N–H and O–H groups in total. The molecule has 1 spiro atoms. The molecule has 6 rings (SSSR count). The first kappa shape index (κ1) is 28.0. The van der Waals surface area contributed by atoms with E-state index in [2.05, 4.69) is 0 Å². The van der Waals surface area contributed by atoms with Crippen LogP contribution in [0.3, 0.4) is 0 Å². The number of carbonyl (C=O) groups is 3. The number of β-amino-alcohol motifs (C(OH)–C–C–N with tert-alkyl or cyclic N) is 1. The Balaban J connectivity index is 1.42. The highest BCUT2D eigenvalue weighted by atomic mass is 16.5. The number of aliphatic hydroxyl groups excluding tert-OH is 1. The van der Waals surface area contributed by atoms with Gasteiger partial charge in [-0.25, -0.2) is 0 Å². The minimum atomic E-state index is -1.30. The van der Waals surface area contributed by atoms with Gasteiger partial charge in [0.2, 0.25) is 17.7 Å². The molecule has 1 unspecified atom stereocenters. The van der Waals surface area contributed by atoms with Crippen molar-refractivity contribution in [3.63, 3.8) is 0 Å². The Labute approximate surface area is 241 Å². The van der Waals surface area contributed by atoms with Crippen molar-refractivity contribution >= 4 is 23.4 Å². The maximum atomic E-state index is 14.5. The van der Waals surface area contributed by atoms with Crippen molar-refractivity contribution in [2.45, 2.75) is 75.7 Å². The van der Waals surface area contributed by atoms with Crippen LogP contribution in [0.25, 0.3) is 0 Å². The quantitative estimate of drug-likeness (QED) is 0.512. The van der Waals surface area contributed by atoms with Gasteiger partial charge in [-0.2, -0.15) is 0 Å². The summed E-state index contributed by atoms with van der Waals surface area (Å²) in [6, 6.07) is 6.58. The molecule has 1 aromatic rings. The van der Waals surface area contributed by atoms with E-state index >= 15 is 0 Å². The average Bonchev–Trinajstić information content (AvgIpc) is 3.26. The van der Waals surface area contributed by atoms with Crippen LogP contribution in [-0.4, -0.2) is 88.8 Å². The van der Waals surface area contributed by atoms with Crippen LogP contribution in [0.15, 0.2) is 48.6 Å². The van der Waals surface area contributed by atoms with Gasteiger partial charge in [0.05, 0.1) is 30.7 Å². The molecule has 0 aromatic heterocycles. The van der Waals surface area contributed by atoms with Gasteiger partial charge in [0.25, 0.3) is 0 Å². The predicted octanol–water partition coefficient (Wildman–Crippen LogP) is 3.07.